The molecule has 0 fully saturated rings. The molecule has 0 rings (SSSR count). The summed E-state index contributed by atoms with van der Waals surface area (Å²) in [7, 11) is 0. The molecule has 0 saturated heterocycles. The number of rotatable bonds is 3. The van der Waals surface area contributed by atoms with E-state index >= 15 is 0 Å². The van der Waals surface area contributed by atoms with Crippen molar-refractivity contribution in [2.45, 2.75) is 0 Å². The fourth-order valence-corrected chi connectivity index (χ4v) is 0.247. The quantitative estimate of drug-likeness (QED) is 0.338. The molecule has 0 radical (unpaired) electrons. The first-order valence-electron chi connectivity index (χ1n) is 2.29. The van der Waals surface area contributed by atoms with Gasteiger partial charge in [0.25, 0.3) is 0 Å². The van der Waals surface area contributed by atoms with Crippen LogP contribution in [0.4, 0.5) is 0 Å². The Balaban J connectivity index is 3.59. The number of hydrogen-bond donors (Lipinski definition) is 1. The molecule has 0 heterocycles. The third-order valence-corrected chi connectivity index (χ3v) is 0.540. The van der Waals surface area contributed by atoms with Gasteiger partial charge in [0.1, 0.15) is 6.29 Å². The fraction of sp³-hybridized carbons (Fsp3) is 0. The monoisotopic (exact) mass is 126 g/mol. The summed E-state index contributed by atoms with van der Waals surface area (Å²) in [4.78, 5) is 19.3. The van der Waals surface area contributed by atoms with Gasteiger partial charge in [0.2, 0.25) is 0 Å². The molecule has 0 aromatic carbocycles. The van der Waals surface area contributed by atoms with Crippen molar-refractivity contribution in [3.8, 4) is 0 Å². The molecule has 0 unspecified atom stereocenters. The number of hydrogen-bond acceptors (Lipinski definition) is 2. The first-order valence-corrected chi connectivity index (χ1v) is 2.29. The van der Waals surface area contributed by atoms with Gasteiger partial charge in [-0.15, -0.1) is 0 Å². The molecule has 9 heavy (non-hydrogen) atoms. The van der Waals surface area contributed by atoms with Crippen LogP contribution in [-0.4, -0.2) is 17.4 Å². The molecule has 48 valence electrons. The highest BCUT2D eigenvalue weighted by Gasteiger charge is 1.78. The van der Waals surface area contributed by atoms with Gasteiger partial charge in [-0.2, -0.15) is 0 Å². The molecule has 0 atom stereocenters. The number of aliphatic carboxylic acids is 1. The van der Waals surface area contributed by atoms with E-state index in [1.54, 1.807) is 0 Å². The zero-order chi connectivity index (χ0) is 7.11. The Morgan fingerprint density at radius 3 is 2.33 bits per heavy atom. The molecule has 0 spiro atoms. The van der Waals surface area contributed by atoms with Gasteiger partial charge in [-0.05, 0) is 6.08 Å². The summed E-state index contributed by atoms with van der Waals surface area (Å²) < 4.78 is 0. The van der Waals surface area contributed by atoms with Crippen molar-refractivity contribution < 1.29 is 14.7 Å². The van der Waals surface area contributed by atoms with E-state index < -0.39 is 5.97 Å². The van der Waals surface area contributed by atoms with Crippen molar-refractivity contribution >= 4 is 12.3 Å². The van der Waals surface area contributed by atoms with Crippen molar-refractivity contribution in [2.75, 3.05) is 0 Å². The minimum atomic E-state index is -1.02. The van der Waals surface area contributed by atoms with Crippen molar-refractivity contribution in [1.29, 1.82) is 0 Å². The Bertz CT molecular complexity index is 156. The van der Waals surface area contributed by atoms with E-state index in [9.17, 15) is 9.59 Å². The zero-order valence-corrected chi connectivity index (χ0v) is 4.65. The zero-order valence-electron chi connectivity index (χ0n) is 4.65. The van der Waals surface area contributed by atoms with Gasteiger partial charge >= 0.3 is 5.97 Å². The van der Waals surface area contributed by atoms with Gasteiger partial charge in [-0.3, -0.25) is 4.79 Å². The molecule has 3 nitrogen and oxygen atoms in total. The normalized spacial score (nSPS) is 10.7. The minimum Gasteiger partial charge on any atom is -0.478 e. The van der Waals surface area contributed by atoms with Crippen LogP contribution in [0.3, 0.4) is 0 Å². The Kier molecular flexibility index (Phi) is 4.04. The lowest BCUT2D eigenvalue weighted by molar-refractivity contribution is -0.131. The van der Waals surface area contributed by atoms with E-state index in [4.69, 9.17) is 5.11 Å². The van der Waals surface area contributed by atoms with Crippen LogP contribution in [0.1, 0.15) is 0 Å². The molecule has 0 bridgehead atoms. The molecule has 0 aromatic rings. The van der Waals surface area contributed by atoms with Gasteiger partial charge in [-0.25, -0.2) is 4.79 Å². The van der Waals surface area contributed by atoms with Gasteiger partial charge in [0.15, 0.2) is 0 Å². The number of carboxylic acids is 1. The van der Waals surface area contributed by atoms with Gasteiger partial charge in [-0.1, -0.05) is 12.2 Å². The smallest absolute Gasteiger partial charge is 0.328 e. The maximum Gasteiger partial charge on any atom is 0.328 e. The predicted octanol–water partition coefficient (Wildman–Crippen LogP) is 0.382. The molecule has 0 aliphatic rings. The first-order chi connectivity index (χ1) is 4.27. The summed E-state index contributed by atoms with van der Waals surface area (Å²) in [6, 6.07) is 0. The van der Waals surface area contributed by atoms with E-state index in [1.165, 1.54) is 18.2 Å². The molecule has 0 aromatic heterocycles. The SMILES string of the molecule is O=CC=CC=CC(=O)O. The van der Waals surface area contributed by atoms with Crippen LogP contribution >= 0.6 is 0 Å². The van der Waals surface area contributed by atoms with E-state index in [0.29, 0.717) is 6.29 Å². The Morgan fingerprint density at radius 2 is 1.89 bits per heavy atom. The molecular weight excluding hydrogens is 120 g/mol. The van der Waals surface area contributed by atoms with Gasteiger partial charge < -0.3 is 5.11 Å². The molecule has 0 aliphatic heterocycles. The van der Waals surface area contributed by atoms with E-state index in [1.807, 2.05) is 0 Å². The van der Waals surface area contributed by atoms with E-state index in [2.05, 4.69) is 0 Å². The number of carboxylic acid groups (broad SMARTS) is 1. The lowest BCUT2D eigenvalue weighted by atomic mass is 10.4. The number of carbonyl (C=O) groups excluding carboxylic acids is 1. The lowest BCUT2D eigenvalue weighted by Crippen LogP contribution is -1.84. The predicted molar refractivity (Wildman–Crippen MR) is 32.0 cm³/mol. The second-order valence-electron chi connectivity index (χ2n) is 1.22. The Hall–Kier alpha value is -1.38. The standard InChI is InChI=1S/C6H6O3/c7-5-3-1-2-4-6(8)9/h1-5H,(H,8,9). The molecule has 3 heteroatoms. The Labute approximate surface area is 52.3 Å². The lowest BCUT2D eigenvalue weighted by Gasteiger charge is -1.71. The maximum absolute atomic E-state index is 9.75. The Morgan fingerprint density at radius 1 is 1.22 bits per heavy atom. The summed E-state index contributed by atoms with van der Waals surface area (Å²) in [6.45, 7) is 0. The van der Waals surface area contributed by atoms with Crippen LogP contribution in [0.25, 0.3) is 0 Å². The maximum atomic E-state index is 9.75. The number of carbonyl (C=O) groups is 2. The molecule has 0 saturated carbocycles. The van der Waals surface area contributed by atoms with Gasteiger partial charge in [0, 0.05) is 6.08 Å². The van der Waals surface area contributed by atoms with Crippen LogP contribution < -0.4 is 0 Å². The van der Waals surface area contributed by atoms with Gasteiger partial charge in [0.05, 0.1) is 0 Å². The number of aldehydes is 1. The van der Waals surface area contributed by atoms with Crippen molar-refractivity contribution in [1.82, 2.24) is 0 Å². The highest BCUT2D eigenvalue weighted by atomic mass is 16.4. The highest BCUT2D eigenvalue weighted by molar-refractivity contribution is 5.80. The average molecular weight is 126 g/mol. The minimum absolute atomic E-state index is 0.576. The summed E-state index contributed by atoms with van der Waals surface area (Å²) >= 11 is 0. The molecular formula is C6H6O3. The van der Waals surface area contributed by atoms with Crippen LogP contribution in [0.5, 0.6) is 0 Å². The van der Waals surface area contributed by atoms with Crippen LogP contribution in [-0.2, 0) is 9.59 Å². The summed E-state index contributed by atoms with van der Waals surface area (Å²) in [5.41, 5.74) is 0. The van der Waals surface area contributed by atoms with Crippen molar-refractivity contribution in [3.63, 3.8) is 0 Å². The third kappa shape index (κ3) is 6.62. The summed E-state index contributed by atoms with van der Waals surface area (Å²) in [5, 5.41) is 8.00. The van der Waals surface area contributed by atoms with Crippen molar-refractivity contribution in [2.24, 2.45) is 0 Å². The molecule has 1 N–H and O–H groups in total. The topological polar surface area (TPSA) is 54.4 Å². The molecule has 0 amide bonds. The summed E-state index contributed by atoms with van der Waals surface area (Å²) in [5.74, 6) is -1.02. The average Bonchev–Trinajstić information content (AvgIpc) is 1.80. The largest absolute Gasteiger partial charge is 0.478 e. The second-order valence-corrected chi connectivity index (χ2v) is 1.22. The highest BCUT2D eigenvalue weighted by Crippen LogP contribution is 1.73. The fourth-order valence-electron chi connectivity index (χ4n) is 0.247. The summed E-state index contributed by atoms with van der Waals surface area (Å²) in [6.07, 6.45) is 5.35. The van der Waals surface area contributed by atoms with E-state index in [-0.39, 0.29) is 0 Å². The van der Waals surface area contributed by atoms with Crippen LogP contribution in [0.2, 0.25) is 0 Å². The first kappa shape index (κ1) is 7.62. The molecule has 0 aliphatic carbocycles. The van der Waals surface area contributed by atoms with Crippen molar-refractivity contribution in [3.05, 3.63) is 24.3 Å². The van der Waals surface area contributed by atoms with Crippen LogP contribution in [0.15, 0.2) is 24.3 Å². The van der Waals surface area contributed by atoms with E-state index in [0.717, 1.165) is 6.08 Å². The van der Waals surface area contributed by atoms with Crippen LogP contribution in [0, 0.1) is 0 Å². The second kappa shape index (κ2) is 4.77. The third-order valence-electron chi connectivity index (χ3n) is 0.540. The number of allylic oxidation sites excluding steroid dienone is 3.